The number of ether oxygens (including phenoxy) is 2. The van der Waals surface area contributed by atoms with E-state index in [1.807, 2.05) is 64.3 Å². The van der Waals surface area contributed by atoms with E-state index in [0.717, 1.165) is 54.1 Å². The van der Waals surface area contributed by atoms with Crippen molar-refractivity contribution in [1.29, 1.82) is 0 Å². The SMILES string of the molecule is COc1ccc([Si](C)(C)[C@H]2[C@H](C)[C@H](CCc3ccc(N4C(=O)CCc5ccccc54)cc3)O[C@@H]2CCn2cc(C(CO)c3ccccc3)nn2)cc1. The number of rotatable bonds is 13. The van der Waals surface area contributed by atoms with E-state index in [2.05, 4.69) is 84.9 Å². The molecule has 270 valence electrons. The summed E-state index contributed by atoms with van der Waals surface area (Å²) in [5, 5.41) is 20.6. The van der Waals surface area contributed by atoms with Gasteiger partial charge in [0.15, 0.2) is 0 Å². The van der Waals surface area contributed by atoms with E-state index >= 15 is 0 Å². The second-order valence-electron chi connectivity index (χ2n) is 15.0. The Morgan fingerprint density at radius 3 is 2.37 bits per heavy atom. The number of methoxy groups -OCH3 is 1. The molecule has 0 saturated carbocycles. The zero-order valence-electron chi connectivity index (χ0n) is 30.7. The molecule has 5 atom stereocenters. The monoisotopic (exact) mass is 714 g/mol. The number of hydrogen-bond acceptors (Lipinski definition) is 6. The van der Waals surface area contributed by atoms with Gasteiger partial charge in [-0.2, -0.15) is 0 Å². The molecule has 2 aliphatic heterocycles. The first-order chi connectivity index (χ1) is 25.3. The number of nitrogens with zero attached hydrogens (tertiary/aromatic N) is 4. The highest BCUT2D eigenvalue weighted by Crippen LogP contribution is 2.46. The summed E-state index contributed by atoms with van der Waals surface area (Å²) in [5.74, 6) is 1.18. The number of aliphatic hydroxyl groups excluding tert-OH is 1. The Bertz CT molecular complexity index is 1950. The summed E-state index contributed by atoms with van der Waals surface area (Å²) in [6.07, 6.45) is 6.16. The predicted octanol–water partition coefficient (Wildman–Crippen LogP) is 7.43. The quantitative estimate of drug-likeness (QED) is 0.128. The topological polar surface area (TPSA) is 89.7 Å². The van der Waals surface area contributed by atoms with Crippen molar-refractivity contribution >= 4 is 30.5 Å². The molecule has 2 aliphatic rings. The fraction of sp³-hybridized carbons (Fsp3) is 0.372. The van der Waals surface area contributed by atoms with Gasteiger partial charge in [-0.3, -0.25) is 14.4 Å². The lowest BCUT2D eigenvalue weighted by molar-refractivity contribution is -0.118. The molecule has 5 aromatic rings. The molecule has 1 fully saturated rings. The van der Waals surface area contributed by atoms with Crippen LogP contribution in [0.5, 0.6) is 5.75 Å². The highest BCUT2D eigenvalue weighted by molar-refractivity contribution is 6.91. The van der Waals surface area contributed by atoms with E-state index < -0.39 is 8.07 Å². The molecule has 1 N–H and O–H groups in total. The van der Waals surface area contributed by atoms with Crippen LogP contribution in [-0.2, 0) is 28.9 Å². The lowest BCUT2D eigenvalue weighted by atomic mass is 9.95. The van der Waals surface area contributed by atoms with Gasteiger partial charge in [0.25, 0.3) is 0 Å². The molecule has 7 rings (SSSR count). The van der Waals surface area contributed by atoms with Gasteiger partial charge in [0.1, 0.15) is 5.75 Å². The van der Waals surface area contributed by atoms with Crippen LogP contribution in [0.1, 0.15) is 54.5 Å². The zero-order valence-corrected chi connectivity index (χ0v) is 31.7. The van der Waals surface area contributed by atoms with Crippen LogP contribution in [0.2, 0.25) is 18.6 Å². The average Bonchev–Trinajstić information content (AvgIpc) is 3.78. The van der Waals surface area contributed by atoms with Gasteiger partial charge in [-0.15, -0.1) is 5.10 Å². The number of aromatic nitrogens is 3. The van der Waals surface area contributed by atoms with Crippen LogP contribution in [0.25, 0.3) is 0 Å². The Morgan fingerprint density at radius 2 is 1.63 bits per heavy atom. The summed E-state index contributed by atoms with van der Waals surface area (Å²) in [6, 6.07) is 35.4. The van der Waals surface area contributed by atoms with Crippen molar-refractivity contribution in [2.75, 3.05) is 18.6 Å². The number of benzene rings is 4. The minimum Gasteiger partial charge on any atom is -0.497 e. The highest BCUT2D eigenvalue weighted by atomic mass is 28.3. The average molecular weight is 715 g/mol. The van der Waals surface area contributed by atoms with Gasteiger partial charge in [-0.1, -0.05) is 103 Å². The Kier molecular flexibility index (Phi) is 10.7. The molecule has 1 aromatic heterocycles. The molecule has 0 aliphatic carbocycles. The zero-order chi connectivity index (χ0) is 36.2. The summed E-state index contributed by atoms with van der Waals surface area (Å²) in [4.78, 5) is 14.9. The number of hydrogen-bond donors (Lipinski definition) is 1. The van der Waals surface area contributed by atoms with Crippen molar-refractivity contribution in [3.8, 4) is 5.75 Å². The largest absolute Gasteiger partial charge is 0.497 e. The third kappa shape index (κ3) is 7.35. The van der Waals surface area contributed by atoms with Crippen LogP contribution < -0.4 is 14.8 Å². The maximum Gasteiger partial charge on any atom is 0.231 e. The molecule has 8 nitrogen and oxygen atoms in total. The second kappa shape index (κ2) is 15.6. The highest BCUT2D eigenvalue weighted by Gasteiger charge is 2.50. The molecular weight excluding hydrogens is 665 g/mol. The molecule has 1 saturated heterocycles. The smallest absolute Gasteiger partial charge is 0.231 e. The molecule has 4 aromatic carbocycles. The van der Waals surface area contributed by atoms with Gasteiger partial charge in [0.2, 0.25) is 5.91 Å². The molecular formula is C43H50N4O4Si. The van der Waals surface area contributed by atoms with Crippen molar-refractivity contribution in [3.63, 3.8) is 0 Å². The second-order valence-corrected chi connectivity index (χ2v) is 19.6. The van der Waals surface area contributed by atoms with Gasteiger partial charge in [-0.25, -0.2) is 0 Å². The van der Waals surface area contributed by atoms with Crippen molar-refractivity contribution in [2.45, 2.75) is 82.3 Å². The number of aliphatic hydroxyl groups is 1. The first kappa shape index (κ1) is 35.8. The van der Waals surface area contributed by atoms with E-state index in [4.69, 9.17) is 9.47 Å². The third-order valence-electron chi connectivity index (χ3n) is 11.5. The summed E-state index contributed by atoms with van der Waals surface area (Å²) >= 11 is 0. The maximum absolute atomic E-state index is 13.0. The fourth-order valence-electron chi connectivity index (χ4n) is 8.65. The predicted molar refractivity (Wildman–Crippen MR) is 208 cm³/mol. The molecule has 52 heavy (non-hydrogen) atoms. The van der Waals surface area contributed by atoms with Crippen molar-refractivity contribution < 1.29 is 19.4 Å². The Balaban J connectivity index is 1.07. The van der Waals surface area contributed by atoms with Gasteiger partial charge < -0.3 is 14.6 Å². The summed E-state index contributed by atoms with van der Waals surface area (Å²) in [6.45, 7) is 8.01. The lowest BCUT2D eigenvalue weighted by Gasteiger charge is -2.36. The number of fused-ring (bicyclic) bond motifs is 1. The third-order valence-corrected chi connectivity index (χ3v) is 15.9. The lowest BCUT2D eigenvalue weighted by Crippen LogP contribution is -2.50. The van der Waals surface area contributed by atoms with Crippen LogP contribution in [0.4, 0.5) is 11.4 Å². The van der Waals surface area contributed by atoms with Crippen LogP contribution in [-0.4, -0.2) is 60.0 Å². The van der Waals surface area contributed by atoms with Crippen LogP contribution >= 0.6 is 0 Å². The maximum atomic E-state index is 13.0. The summed E-state index contributed by atoms with van der Waals surface area (Å²) < 4.78 is 14.5. The minimum absolute atomic E-state index is 0.0234. The van der Waals surface area contributed by atoms with Gasteiger partial charge in [-0.05, 0) is 84.2 Å². The van der Waals surface area contributed by atoms with Crippen molar-refractivity contribution in [2.24, 2.45) is 5.92 Å². The van der Waals surface area contributed by atoms with Gasteiger partial charge in [0.05, 0.1) is 51.3 Å². The molecule has 9 heteroatoms. The molecule has 0 radical (unpaired) electrons. The Hall–Kier alpha value is -4.57. The molecule has 1 amide bonds. The summed E-state index contributed by atoms with van der Waals surface area (Å²) in [7, 11) is -0.306. The number of carbonyl (C=O) groups excluding carboxylic acids is 1. The molecule has 0 bridgehead atoms. The first-order valence-electron chi connectivity index (χ1n) is 18.6. The Morgan fingerprint density at radius 1 is 0.904 bits per heavy atom. The number of carbonyl (C=O) groups is 1. The standard InChI is InChI=1S/C43H50N4O4Si/c1-30-40(24-16-31-14-18-34(19-15-31)47-39-13-9-8-12-33(39)17-25-42(47)49)51-41(43(30)52(3,4)36-22-20-35(50-2)21-23-36)26-27-46-28-38(44-45-46)37(29-48)32-10-6-5-7-11-32/h5-15,18-23,28,30,37,40-41,43,48H,16-17,24-27,29H2,1-4H3/t30-,37?,40+,41-,43+/m1/s1. The molecule has 0 spiro atoms. The van der Waals surface area contributed by atoms with Crippen LogP contribution in [0.15, 0.2) is 109 Å². The van der Waals surface area contributed by atoms with Crippen molar-refractivity contribution in [3.05, 3.63) is 132 Å². The van der Waals surface area contributed by atoms with E-state index in [-0.39, 0.29) is 30.6 Å². The number of para-hydroxylation sites is 1. The Labute approximate surface area is 308 Å². The van der Waals surface area contributed by atoms with Crippen LogP contribution in [0.3, 0.4) is 0 Å². The van der Waals surface area contributed by atoms with Gasteiger partial charge in [0, 0.05) is 24.8 Å². The minimum atomic E-state index is -2.02. The first-order valence-corrected chi connectivity index (χ1v) is 21.7. The molecule has 3 heterocycles. The normalized spacial score (nSPS) is 20.9. The van der Waals surface area contributed by atoms with E-state index in [1.54, 1.807) is 7.11 Å². The summed E-state index contributed by atoms with van der Waals surface area (Å²) in [5.41, 5.74) is 6.58. The fourth-order valence-corrected chi connectivity index (χ4v) is 12.8. The van der Waals surface area contributed by atoms with Crippen LogP contribution in [0, 0.1) is 5.92 Å². The molecule has 1 unspecified atom stereocenters. The van der Waals surface area contributed by atoms with Gasteiger partial charge >= 0.3 is 0 Å². The number of anilines is 2. The number of amides is 1. The van der Waals surface area contributed by atoms with E-state index in [9.17, 15) is 9.90 Å². The van der Waals surface area contributed by atoms with E-state index in [1.165, 1.54) is 16.3 Å². The van der Waals surface area contributed by atoms with Crippen molar-refractivity contribution in [1.82, 2.24) is 15.0 Å². The van der Waals surface area contributed by atoms with E-state index in [0.29, 0.717) is 24.4 Å². The number of aryl methyl sites for hydroxylation is 3.